The lowest BCUT2D eigenvalue weighted by Gasteiger charge is -2.08. The Labute approximate surface area is 88.3 Å². The van der Waals surface area contributed by atoms with Gasteiger partial charge in [0.15, 0.2) is 0 Å². The molecule has 0 aliphatic carbocycles. The van der Waals surface area contributed by atoms with E-state index in [0.29, 0.717) is 10.6 Å². The van der Waals surface area contributed by atoms with Gasteiger partial charge in [-0.2, -0.15) is 0 Å². The first-order valence-electron chi connectivity index (χ1n) is 4.59. The molecule has 0 radical (unpaired) electrons. The maximum Gasteiger partial charge on any atom is 0.254 e. The summed E-state index contributed by atoms with van der Waals surface area (Å²) in [4.78, 5) is 12.8. The molecule has 3 nitrogen and oxygen atoms in total. The van der Waals surface area contributed by atoms with Crippen LogP contribution in [-0.4, -0.2) is 11.9 Å². The predicted molar refractivity (Wildman–Crippen MR) is 60.8 cm³/mol. The van der Waals surface area contributed by atoms with Crippen molar-refractivity contribution in [2.24, 2.45) is 0 Å². The molecule has 1 rings (SSSR count). The lowest BCUT2D eigenvalue weighted by Crippen LogP contribution is -2.30. The van der Waals surface area contributed by atoms with Crippen LogP contribution in [-0.2, 0) is 0 Å². The highest BCUT2D eigenvalue weighted by Gasteiger charge is 2.17. The predicted octanol–water partition coefficient (Wildman–Crippen LogP) is 2.09. The van der Waals surface area contributed by atoms with Crippen molar-refractivity contribution in [1.29, 1.82) is 0 Å². The van der Waals surface area contributed by atoms with E-state index < -0.39 is 0 Å². The number of carbonyl (C=O) groups excluding carboxylic acids is 1. The summed E-state index contributed by atoms with van der Waals surface area (Å²) in [5.41, 5.74) is 7.41. The number of thiophene rings is 1. The molecular formula is C10H16N2OS. The van der Waals surface area contributed by atoms with E-state index in [4.69, 9.17) is 5.73 Å². The molecule has 0 spiro atoms. The molecule has 0 atom stereocenters. The zero-order valence-corrected chi connectivity index (χ0v) is 9.79. The van der Waals surface area contributed by atoms with Crippen LogP contribution in [0, 0.1) is 13.8 Å². The first-order chi connectivity index (χ1) is 6.43. The number of nitrogens with two attached hydrogens (primary N) is 1. The normalized spacial score (nSPS) is 10.6. The molecule has 1 aromatic heterocycles. The third-order valence-corrected chi connectivity index (χ3v) is 3.10. The second kappa shape index (κ2) is 4.00. The quantitative estimate of drug-likeness (QED) is 0.788. The van der Waals surface area contributed by atoms with Gasteiger partial charge >= 0.3 is 0 Å². The fourth-order valence-electron chi connectivity index (χ4n) is 1.27. The Bertz CT molecular complexity index is 355. The molecule has 1 aromatic rings. The van der Waals surface area contributed by atoms with Crippen molar-refractivity contribution in [2.75, 3.05) is 5.73 Å². The minimum Gasteiger partial charge on any atom is -0.390 e. The van der Waals surface area contributed by atoms with E-state index in [2.05, 4.69) is 5.32 Å². The minimum atomic E-state index is -0.0700. The molecule has 4 heteroatoms. The van der Waals surface area contributed by atoms with Gasteiger partial charge < -0.3 is 11.1 Å². The first-order valence-corrected chi connectivity index (χ1v) is 5.41. The van der Waals surface area contributed by atoms with Crippen LogP contribution in [0.25, 0.3) is 0 Å². The van der Waals surface area contributed by atoms with Crippen LogP contribution in [0.2, 0.25) is 0 Å². The van der Waals surface area contributed by atoms with Crippen LogP contribution in [0.5, 0.6) is 0 Å². The molecule has 0 aliphatic rings. The van der Waals surface area contributed by atoms with E-state index in [0.717, 1.165) is 10.4 Å². The van der Waals surface area contributed by atoms with Crippen molar-refractivity contribution >= 4 is 22.2 Å². The molecule has 14 heavy (non-hydrogen) atoms. The number of anilines is 1. The van der Waals surface area contributed by atoms with Crippen molar-refractivity contribution in [2.45, 2.75) is 33.7 Å². The van der Waals surface area contributed by atoms with Crippen molar-refractivity contribution in [3.8, 4) is 0 Å². The lowest BCUT2D eigenvalue weighted by atomic mass is 10.1. The molecule has 0 aromatic carbocycles. The summed E-state index contributed by atoms with van der Waals surface area (Å²) < 4.78 is 0. The van der Waals surface area contributed by atoms with Crippen molar-refractivity contribution < 1.29 is 4.79 Å². The zero-order valence-electron chi connectivity index (χ0n) is 8.97. The largest absolute Gasteiger partial charge is 0.390 e. The summed E-state index contributed by atoms with van der Waals surface area (Å²) in [6.07, 6.45) is 0. The van der Waals surface area contributed by atoms with Crippen LogP contribution in [0.3, 0.4) is 0 Å². The van der Waals surface area contributed by atoms with Crippen LogP contribution in [0.1, 0.15) is 34.6 Å². The van der Waals surface area contributed by atoms with Crippen LogP contribution < -0.4 is 11.1 Å². The highest BCUT2D eigenvalue weighted by Crippen LogP contribution is 2.29. The van der Waals surface area contributed by atoms with Gasteiger partial charge in [-0.15, -0.1) is 11.3 Å². The fourth-order valence-corrected chi connectivity index (χ4v) is 2.20. The summed E-state index contributed by atoms with van der Waals surface area (Å²) in [5, 5.41) is 3.45. The molecule has 0 unspecified atom stereocenters. The van der Waals surface area contributed by atoms with Gasteiger partial charge in [0.2, 0.25) is 0 Å². The SMILES string of the molecule is Cc1sc(N)c(C(=O)NC(C)C)c1C. The Morgan fingerprint density at radius 3 is 2.36 bits per heavy atom. The zero-order chi connectivity index (χ0) is 10.9. The van der Waals surface area contributed by atoms with Gasteiger partial charge in [-0.3, -0.25) is 4.79 Å². The highest BCUT2D eigenvalue weighted by atomic mass is 32.1. The number of carbonyl (C=O) groups is 1. The Balaban J connectivity index is 3.00. The minimum absolute atomic E-state index is 0.0700. The van der Waals surface area contributed by atoms with E-state index in [1.165, 1.54) is 11.3 Å². The molecule has 0 saturated carbocycles. The van der Waals surface area contributed by atoms with Crippen LogP contribution in [0.4, 0.5) is 5.00 Å². The highest BCUT2D eigenvalue weighted by molar-refractivity contribution is 7.16. The van der Waals surface area contributed by atoms with E-state index in [-0.39, 0.29) is 11.9 Å². The summed E-state index contributed by atoms with van der Waals surface area (Å²) >= 11 is 1.47. The van der Waals surface area contributed by atoms with Crippen molar-refractivity contribution in [3.05, 3.63) is 16.0 Å². The van der Waals surface area contributed by atoms with E-state index in [9.17, 15) is 4.79 Å². The van der Waals surface area contributed by atoms with Gasteiger partial charge in [-0.05, 0) is 33.3 Å². The number of amides is 1. The number of hydrogen-bond acceptors (Lipinski definition) is 3. The number of nitrogens with one attached hydrogen (secondary N) is 1. The standard InChI is InChI=1S/C10H16N2OS/c1-5(2)12-10(13)8-6(3)7(4)14-9(8)11/h5H,11H2,1-4H3,(H,12,13). The topological polar surface area (TPSA) is 55.1 Å². The third-order valence-electron chi connectivity index (χ3n) is 2.06. The van der Waals surface area contributed by atoms with Gasteiger partial charge in [0, 0.05) is 10.9 Å². The molecule has 0 fully saturated rings. The van der Waals surface area contributed by atoms with Gasteiger partial charge in [-0.25, -0.2) is 0 Å². The summed E-state index contributed by atoms with van der Waals surface area (Å²) in [6.45, 7) is 7.77. The van der Waals surface area contributed by atoms with E-state index in [1.807, 2.05) is 27.7 Å². The monoisotopic (exact) mass is 212 g/mol. The molecule has 1 amide bonds. The second-order valence-electron chi connectivity index (χ2n) is 3.65. The van der Waals surface area contributed by atoms with E-state index in [1.54, 1.807) is 0 Å². The molecule has 3 N–H and O–H groups in total. The smallest absolute Gasteiger partial charge is 0.254 e. The number of hydrogen-bond donors (Lipinski definition) is 2. The number of nitrogen functional groups attached to an aromatic ring is 1. The Hall–Kier alpha value is -1.03. The van der Waals surface area contributed by atoms with Gasteiger partial charge in [0.05, 0.1) is 10.6 Å². The van der Waals surface area contributed by atoms with Gasteiger partial charge in [0.1, 0.15) is 0 Å². The molecule has 0 bridgehead atoms. The second-order valence-corrected chi connectivity index (χ2v) is 4.91. The summed E-state index contributed by atoms with van der Waals surface area (Å²) in [5.74, 6) is -0.0700. The van der Waals surface area contributed by atoms with Gasteiger partial charge in [0.25, 0.3) is 5.91 Å². The summed E-state index contributed by atoms with van der Waals surface area (Å²) in [6, 6.07) is 0.140. The Morgan fingerprint density at radius 2 is 2.00 bits per heavy atom. The molecule has 1 heterocycles. The van der Waals surface area contributed by atoms with Crippen LogP contribution >= 0.6 is 11.3 Å². The maximum atomic E-state index is 11.7. The first kappa shape index (κ1) is 11.0. The van der Waals surface area contributed by atoms with Crippen molar-refractivity contribution in [1.82, 2.24) is 5.32 Å². The average Bonchev–Trinajstić information content (AvgIpc) is 2.25. The molecule has 78 valence electrons. The number of aryl methyl sites for hydroxylation is 1. The fraction of sp³-hybridized carbons (Fsp3) is 0.500. The molecule has 0 saturated heterocycles. The average molecular weight is 212 g/mol. The molecule has 0 aliphatic heterocycles. The van der Waals surface area contributed by atoms with Gasteiger partial charge in [-0.1, -0.05) is 0 Å². The summed E-state index contributed by atoms with van der Waals surface area (Å²) in [7, 11) is 0. The Kier molecular flexibility index (Phi) is 3.16. The van der Waals surface area contributed by atoms with E-state index >= 15 is 0 Å². The van der Waals surface area contributed by atoms with Crippen molar-refractivity contribution in [3.63, 3.8) is 0 Å². The third kappa shape index (κ3) is 2.07. The molecular weight excluding hydrogens is 196 g/mol. The lowest BCUT2D eigenvalue weighted by molar-refractivity contribution is 0.0944. The van der Waals surface area contributed by atoms with Crippen LogP contribution in [0.15, 0.2) is 0 Å². The Morgan fingerprint density at radius 1 is 1.43 bits per heavy atom. The number of rotatable bonds is 2. The maximum absolute atomic E-state index is 11.7.